The van der Waals surface area contributed by atoms with Gasteiger partial charge in [-0.3, -0.25) is 0 Å². The van der Waals surface area contributed by atoms with Gasteiger partial charge in [0.2, 0.25) is 0 Å². The Morgan fingerprint density at radius 1 is 1.31 bits per heavy atom. The van der Waals surface area contributed by atoms with Gasteiger partial charge in [0.15, 0.2) is 0 Å². The predicted molar refractivity (Wildman–Crippen MR) is 56.5 cm³/mol. The highest BCUT2D eigenvalue weighted by molar-refractivity contribution is 8.05. The summed E-state index contributed by atoms with van der Waals surface area (Å²) in [4.78, 5) is 0. The van der Waals surface area contributed by atoms with E-state index in [2.05, 4.69) is 6.58 Å². The molecule has 1 aromatic carbocycles. The molecule has 0 unspecified atom stereocenters. The summed E-state index contributed by atoms with van der Waals surface area (Å²) < 4.78 is 15.6. The van der Waals surface area contributed by atoms with Crippen molar-refractivity contribution < 1.29 is 9.09 Å². The second-order valence-electron chi connectivity index (χ2n) is 2.28. The summed E-state index contributed by atoms with van der Waals surface area (Å²) >= 11 is 10.4. The SMILES string of the molecule is C=Cc1ccc(OP(=O)(Cl)Cl)cc1. The maximum atomic E-state index is 10.8. The molecule has 2 nitrogen and oxygen atoms in total. The van der Waals surface area contributed by atoms with Gasteiger partial charge in [-0.2, -0.15) is 0 Å². The van der Waals surface area contributed by atoms with Crippen LogP contribution in [0.4, 0.5) is 0 Å². The van der Waals surface area contributed by atoms with Crippen LogP contribution in [0.25, 0.3) is 6.08 Å². The zero-order chi connectivity index (χ0) is 9.90. The van der Waals surface area contributed by atoms with Crippen LogP contribution in [0, 0.1) is 0 Å². The van der Waals surface area contributed by atoms with Crippen LogP contribution in [0.3, 0.4) is 0 Å². The molecule has 70 valence electrons. The third kappa shape index (κ3) is 3.86. The molecule has 13 heavy (non-hydrogen) atoms. The first-order chi connectivity index (χ1) is 6.01. The summed E-state index contributed by atoms with van der Waals surface area (Å²) in [6.07, 6.45) is -1.81. The van der Waals surface area contributed by atoms with Crippen molar-refractivity contribution in [2.45, 2.75) is 0 Å². The molecule has 0 amide bonds. The van der Waals surface area contributed by atoms with Gasteiger partial charge in [-0.25, -0.2) is 4.57 Å². The van der Waals surface area contributed by atoms with Crippen molar-refractivity contribution in [3.63, 3.8) is 0 Å². The number of hydrogen-bond acceptors (Lipinski definition) is 2. The van der Waals surface area contributed by atoms with Crippen LogP contribution in [-0.2, 0) is 4.57 Å². The highest BCUT2D eigenvalue weighted by atomic mass is 35.9. The summed E-state index contributed by atoms with van der Waals surface area (Å²) in [5.74, 6) is 0.374. The van der Waals surface area contributed by atoms with E-state index in [4.69, 9.17) is 27.0 Å². The second kappa shape index (κ2) is 4.19. The minimum atomic E-state index is -3.49. The summed E-state index contributed by atoms with van der Waals surface area (Å²) in [5, 5.41) is 0. The highest BCUT2D eigenvalue weighted by Gasteiger charge is 2.15. The Morgan fingerprint density at radius 2 is 1.85 bits per heavy atom. The van der Waals surface area contributed by atoms with Crippen molar-refractivity contribution >= 4 is 34.6 Å². The van der Waals surface area contributed by atoms with Crippen LogP contribution in [0.15, 0.2) is 30.8 Å². The fraction of sp³-hybridized carbons (Fsp3) is 0. The molecular weight excluding hydrogens is 230 g/mol. The van der Waals surface area contributed by atoms with Gasteiger partial charge in [0, 0.05) is 22.5 Å². The molecule has 0 aromatic heterocycles. The lowest BCUT2D eigenvalue weighted by molar-refractivity contribution is 0.513. The Labute approximate surface area is 86.2 Å². The summed E-state index contributed by atoms with van der Waals surface area (Å²) in [5.41, 5.74) is 0.936. The van der Waals surface area contributed by atoms with Gasteiger partial charge in [-0.1, -0.05) is 24.8 Å². The van der Waals surface area contributed by atoms with E-state index < -0.39 is 6.07 Å². The Balaban J connectivity index is 2.81. The Kier molecular flexibility index (Phi) is 3.43. The van der Waals surface area contributed by atoms with Crippen LogP contribution in [0.5, 0.6) is 5.75 Å². The van der Waals surface area contributed by atoms with E-state index in [0.717, 1.165) is 5.56 Å². The third-order valence-electron chi connectivity index (χ3n) is 1.33. The molecule has 0 bridgehead atoms. The van der Waals surface area contributed by atoms with Crippen molar-refractivity contribution in [2.24, 2.45) is 0 Å². The van der Waals surface area contributed by atoms with Crippen LogP contribution >= 0.6 is 28.6 Å². The molecule has 1 rings (SSSR count). The van der Waals surface area contributed by atoms with Gasteiger partial charge in [-0.05, 0) is 17.7 Å². The molecular formula is C8H7Cl2O2P. The minimum absolute atomic E-state index is 0.374. The van der Waals surface area contributed by atoms with Gasteiger partial charge in [0.05, 0.1) is 0 Å². The zero-order valence-corrected chi connectivity index (χ0v) is 9.02. The van der Waals surface area contributed by atoms with E-state index in [1.807, 2.05) is 0 Å². The summed E-state index contributed by atoms with van der Waals surface area (Å²) in [6.45, 7) is 3.59. The standard InChI is InChI=1S/C8H7Cl2O2P/c1-2-7-3-5-8(6-4-7)12-13(9,10)11/h2-6H,1H2. The molecule has 0 aliphatic heterocycles. The molecule has 0 N–H and O–H groups in total. The molecule has 0 aliphatic carbocycles. The topological polar surface area (TPSA) is 26.3 Å². The maximum absolute atomic E-state index is 10.8. The Hall–Kier alpha value is -0.430. The molecule has 0 radical (unpaired) electrons. The Bertz CT molecular complexity index is 342. The van der Waals surface area contributed by atoms with Gasteiger partial charge in [-0.15, -0.1) is 0 Å². The molecule has 0 spiro atoms. The van der Waals surface area contributed by atoms with E-state index >= 15 is 0 Å². The average Bonchev–Trinajstić information content (AvgIpc) is 2.03. The molecule has 0 aliphatic rings. The summed E-state index contributed by atoms with van der Waals surface area (Å²) in [7, 11) is 0. The maximum Gasteiger partial charge on any atom is 0.428 e. The van der Waals surface area contributed by atoms with Gasteiger partial charge in [0.25, 0.3) is 0 Å². The zero-order valence-electron chi connectivity index (χ0n) is 6.61. The highest BCUT2D eigenvalue weighted by Crippen LogP contribution is 2.57. The molecule has 0 heterocycles. The molecule has 0 saturated heterocycles. The van der Waals surface area contributed by atoms with Crippen LogP contribution < -0.4 is 4.52 Å². The van der Waals surface area contributed by atoms with Crippen LogP contribution in [0.1, 0.15) is 5.56 Å². The van der Waals surface area contributed by atoms with E-state index in [-0.39, 0.29) is 0 Å². The largest absolute Gasteiger partial charge is 0.428 e. The lowest BCUT2D eigenvalue weighted by atomic mass is 10.2. The van der Waals surface area contributed by atoms with E-state index in [9.17, 15) is 4.57 Å². The van der Waals surface area contributed by atoms with Gasteiger partial charge in [0.1, 0.15) is 5.75 Å². The monoisotopic (exact) mass is 236 g/mol. The van der Waals surface area contributed by atoms with Crippen LogP contribution in [0.2, 0.25) is 0 Å². The fourth-order valence-corrected chi connectivity index (χ4v) is 1.63. The molecule has 1 aromatic rings. The van der Waals surface area contributed by atoms with Crippen LogP contribution in [-0.4, -0.2) is 0 Å². The number of rotatable bonds is 3. The molecule has 0 fully saturated rings. The first-order valence-electron chi connectivity index (χ1n) is 3.43. The quantitative estimate of drug-likeness (QED) is 0.732. The van der Waals surface area contributed by atoms with Gasteiger partial charge < -0.3 is 4.52 Å². The average molecular weight is 237 g/mol. The smallest absolute Gasteiger partial charge is 0.422 e. The van der Waals surface area contributed by atoms with Crippen molar-refractivity contribution in [3.05, 3.63) is 36.4 Å². The van der Waals surface area contributed by atoms with E-state index in [1.165, 1.54) is 0 Å². The summed E-state index contributed by atoms with van der Waals surface area (Å²) in [6, 6.07) is 6.75. The first kappa shape index (κ1) is 10.6. The van der Waals surface area contributed by atoms with Gasteiger partial charge >= 0.3 is 6.07 Å². The van der Waals surface area contributed by atoms with Crippen molar-refractivity contribution in [3.8, 4) is 5.75 Å². The first-order valence-corrected chi connectivity index (χ1v) is 6.86. The number of halogens is 2. The lowest BCUT2D eigenvalue weighted by Crippen LogP contribution is -1.81. The third-order valence-corrected chi connectivity index (χ3v) is 2.16. The predicted octanol–water partition coefficient (Wildman–Crippen LogP) is 4.29. The van der Waals surface area contributed by atoms with Crippen molar-refractivity contribution in [1.29, 1.82) is 0 Å². The normalized spacial score (nSPS) is 10.9. The minimum Gasteiger partial charge on any atom is -0.422 e. The number of hydrogen-bond donors (Lipinski definition) is 0. The number of benzene rings is 1. The van der Waals surface area contributed by atoms with E-state index in [0.29, 0.717) is 5.75 Å². The molecule has 5 heteroatoms. The van der Waals surface area contributed by atoms with Crippen molar-refractivity contribution in [1.82, 2.24) is 0 Å². The van der Waals surface area contributed by atoms with Crippen molar-refractivity contribution in [2.75, 3.05) is 0 Å². The van der Waals surface area contributed by atoms with E-state index in [1.54, 1.807) is 30.3 Å². The fourth-order valence-electron chi connectivity index (χ4n) is 0.787. The molecule has 0 saturated carbocycles. The lowest BCUT2D eigenvalue weighted by Gasteiger charge is -2.05. The Morgan fingerprint density at radius 3 is 2.23 bits per heavy atom. The second-order valence-corrected chi connectivity index (χ2v) is 6.48. The molecule has 0 atom stereocenters.